The number of hydrogen-bond acceptors (Lipinski definition) is 5. The van der Waals surface area contributed by atoms with E-state index < -0.39 is 11.0 Å². The van der Waals surface area contributed by atoms with Gasteiger partial charge in [-0.05, 0) is 26.7 Å². The van der Waals surface area contributed by atoms with E-state index in [0.29, 0.717) is 11.4 Å². The lowest BCUT2D eigenvalue weighted by atomic mass is 10.2. The number of pyridine rings is 1. The number of hydrogen-bond donors (Lipinski definition) is 2. The van der Waals surface area contributed by atoms with E-state index in [1.165, 1.54) is 12.3 Å². The Bertz CT molecular complexity index is 514. The summed E-state index contributed by atoms with van der Waals surface area (Å²) in [6.07, 6.45) is 3.46. The molecule has 1 fully saturated rings. The first-order chi connectivity index (χ1) is 8.97. The number of carbonyl (C=O) groups is 1. The number of rotatable bonds is 5. The summed E-state index contributed by atoms with van der Waals surface area (Å²) in [5.41, 5.74) is 0.484. The summed E-state index contributed by atoms with van der Waals surface area (Å²) in [6, 6.07) is 1.16. The van der Waals surface area contributed by atoms with Gasteiger partial charge in [0.05, 0.1) is 11.0 Å². The molecule has 1 aromatic heterocycles. The van der Waals surface area contributed by atoms with Crippen molar-refractivity contribution in [1.82, 2.24) is 10.3 Å². The summed E-state index contributed by atoms with van der Waals surface area (Å²) in [5, 5.41) is 16.5. The van der Waals surface area contributed by atoms with Gasteiger partial charge in [-0.15, -0.1) is 0 Å². The molecule has 0 aliphatic heterocycles. The van der Waals surface area contributed by atoms with Gasteiger partial charge in [-0.3, -0.25) is 14.9 Å². The van der Waals surface area contributed by atoms with Crippen LogP contribution in [0.15, 0.2) is 12.3 Å². The summed E-state index contributed by atoms with van der Waals surface area (Å²) in [4.78, 5) is 26.1. The highest BCUT2D eigenvalue weighted by Gasteiger charge is 2.25. The van der Waals surface area contributed by atoms with Crippen molar-refractivity contribution in [3.05, 3.63) is 27.9 Å². The predicted molar refractivity (Wildman–Crippen MR) is 69.9 cm³/mol. The van der Waals surface area contributed by atoms with Gasteiger partial charge in [-0.2, -0.15) is 0 Å². The molecule has 1 heterocycles. The fourth-order valence-corrected chi connectivity index (χ4v) is 1.63. The maximum absolute atomic E-state index is 11.7. The van der Waals surface area contributed by atoms with E-state index in [9.17, 15) is 14.9 Å². The minimum absolute atomic E-state index is 0.00713. The van der Waals surface area contributed by atoms with Crippen molar-refractivity contribution in [1.29, 1.82) is 0 Å². The van der Waals surface area contributed by atoms with Crippen molar-refractivity contribution < 1.29 is 9.72 Å². The molecule has 7 nitrogen and oxygen atoms in total. The zero-order chi connectivity index (χ0) is 14.0. The van der Waals surface area contributed by atoms with Crippen molar-refractivity contribution in [2.45, 2.75) is 38.8 Å². The van der Waals surface area contributed by atoms with E-state index in [2.05, 4.69) is 15.6 Å². The predicted octanol–water partition coefficient (Wildman–Crippen LogP) is 1.38. The van der Waals surface area contributed by atoms with Gasteiger partial charge in [-0.1, -0.05) is 0 Å². The molecule has 0 spiro atoms. The number of nitro groups is 1. The second-order valence-corrected chi connectivity index (χ2v) is 4.76. The summed E-state index contributed by atoms with van der Waals surface area (Å²) in [6.45, 7) is 3.32. The minimum atomic E-state index is -0.476. The molecule has 2 N–H and O–H groups in total. The first-order valence-electron chi connectivity index (χ1n) is 6.15. The molecule has 1 unspecified atom stereocenters. The zero-order valence-corrected chi connectivity index (χ0v) is 10.8. The van der Waals surface area contributed by atoms with Gasteiger partial charge >= 0.3 is 0 Å². The van der Waals surface area contributed by atoms with Gasteiger partial charge in [0.15, 0.2) is 0 Å². The Balaban J connectivity index is 2.03. The normalized spacial score (nSPS) is 15.7. The lowest BCUT2D eigenvalue weighted by molar-refractivity contribution is -0.385. The molecule has 0 bridgehead atoms. The highest BCUT2D eigenvalue weighted by Crippen LogP contribution is 2.21. The Kier molecular flexibility index (Phi) is 3.64. The van der Waals surface area contributed by atoms with Crippen molar-refractivity contribution in [2.75, 3.05) is 5.32 Å². The third kappa shape index (κ3) is 3.40. The molecule has 19 heavy (non-hydrogen) atoms. The summed E-state index contributed by atoms with van der Waals surface area (Å²) >= 11 is 0. The average Bonchev–Trinajstić information content (AvgIpc) is 3.15. The van der Waals surface area contributed by atoms with Gasteiger partial charge in [0.25, 0.3) is 5.69 Å². The molecule has 0 saturated heterocycles. The lowest BCUT2D eigenvalue weighted by Crippen LogP contribution is -2.38. The fraction of sp³-hybridized carbons (Fsp3) is 0.500. The van der Waals surface area contributed by atoms with E-state index in [-0.39, 0.29) is 17.6 Å². The molecule has 1 aliphatic rings. The van der Waals surface area contributed by atoms with E-state index >= 15 is 0 Å². The van der Waals surface area contributed by atoms with Gasteiger partial charge in [-0.25, -0.2) is 4.98 Å². The molecule has 102 valence electrons. The Morgan fingerprint density at radius 3 is 2.84 bits per heavy atom. The quantitative estimate of drug-likeness (QED) is 0.618. The van der Waals surface area contributed by atoms with Gasteiger partial charge in [0.2, 0.25) is 5.91 Å². The van der Waals surface area contributed by atoms with Gasteiger partial charge in [0, 0.05) is 17.8 Å². The topological polar surface area (TPSA) is 97.2 Å². The molecule has 1 amide bonds. The number of aryl methyl sites for hydroxylation is 1. The van der Waals surface area contributed by atoms with Crippen LogP contribution in [0.2, 0.25) is 0 Å². The SMILES string of the molecule is Cc1cnc(NC(C)C(=O)NC2CC2)cc1[N+](=O)[O-]. The highest BCUT2D eigenvalue weighted by molar-refractivity contribution is 5.84. The van der Waals surface area contributed by atoms with E-state index in [1.807, 2.05) is 0 Å². The standard InChI is InChI=1S/C12H16N4O3/c1-7-6-13-11(5-10(7)16(18)19)14-8(2)12(17)15-9-3-4-9/h5-6,8-9H,3-4H2,1-2H3,(H,13,14)(H,15,17). The first kappa shape index (κ1) is 13.3. The van der Waals surface area contributed by atoms with Gasteiger partial charge in [0.1, 0.15) is 11.9 Å². The van der Waals surface area contributed by atoms with Crippen LogP contribution in [0.25, 0.3) is 0 Å². The van der Waals surface area contributed by atoms with Crippen molar-refractivity contribution in [3.63, 3.8) is 0 Å². The number of nitrogens with zero attached hydrogens (tertiary/aromatic N) is 2. The number of nitrogens with one attached hydrogen (secondary N) is 2. The second-order valence-electron chi connectivity index (χ2n) is 4.76. The molecule has 1 aliphatic carbocycles. The molecular formula is C12H16N4O3. The van der Waals surface area contributed by atoms with Crippen molar-refractivity contribution in [3.8, 4) is 0 Å². The Morgan fingerprint density at radius 1 is 1.58 bits per heavy atom. The van der Waals surface area contributed by atoms with Crippen LogP contribution < -0.4 is 10.6 Å². The maximum atomic E-state index is 11.7. The third-order valence-corrected chi connectivity index (χ3v) is 2.95. The average molecular weight is 264 g/mol. The summed E-state index contributed by atoms with van der Waals surface area (Å²) < 4.78 is 0. The highest BCUT2D eigenvalue weighted by atomic mass is 16.6. The van der Waals surface area contributed by atoms with Crippen LogP contribution in [0, 0.1) is 17.0 Å². The summed E-state index contributed by atoms with van der Waals surface area (Å²) in [5.74, 6) is 0.211. The van der Waals surface area contributed by atoms with Crippen LogP contribution in [0.4, 0.5) is 11.5 Å². The zero-order valence-electron chi connectivity index (χ0n) is 10.8. The van der Waals surface area contributed by atoms with E-state index in [4.69, 9.17) is 0 Å². The largest absolute Gasteiger partial charge is 0.358 e. The van der Waals surface area contributed by atoms with Crippen LogP contribution in [0.1, 0.15) is 25.3 Å². The Morgan fingerprint density at radius 2 is 2.26 bits per heavy atom. The number of amides is 1. The number of aromatic nitrogens is 1. The van der Waals surface area contributed by atoms with Crippen LogP contribution in [0.5, 0.6) is 0 Å². The number of carbonyl (C=O) groups excluding carboxylic acids is 1. The third-order valence-electron chi connectivity index (χ3n) is 2.95. The smallest absolute Gasteiger partial charge is 0.277 e. The monoisotopic (exact) mass is 264 g/mol. The Labute approximate surface area is 110 Å². The molecule has 1 saturated carbocycles. The molecule has 2 rings (SSSR count). The maximum Gasteiger partial charge on any atom is 0.277 e. The van der Waals surface area contributed by atoms with Gasteiger partial charge < -0.3 is 10.6 Å². The van der Waals surface area contributed by atoms with Crippen molar-refractivity contribution >= 4 is 17.4 Å². The van der Waals surface area contributed by atoms with E-state index in [1.54, 1.807) is 13.8 Å². The molecule has 0 aromatic carbocycles. The molecule has 7 heteroatoms. The van der Waals surface area contributed by atoms with Crippen LogP contribution in [-0.4, -0.2) is 27.9 Å². The van der Waals surface area contributed by atoms with Crippen LogP contribution >= 0.6 is 0 Å². The number of anilines is 1. The summed E-state index contributed by atoms with van der Waals surface area (Å²) in [7, 11) is 0. The fourth-order valence-electron chi connectivity index (χ4n) is 1.63. The van der Waals surface area contributed by atoms with Crippen LogP contribution in [0.3, 0.4) is 0 Å². The second kappa shape index (κ2) is 5.21. The molecule has 1 aromatic rings. The molecule has 0 radical (unpaired) electrons. The Hall–Kier alpha value is -2.18. The van der Waals surface area contributed by atoms with Crippen molar-refractivity contribution in [2.24, 2.45) is 0 Å². The lowest BCUT2D eigenvalue weighted by Gasteiger charge is -2.14. The molecular weight excluding hydrogens is 248 g/mol. The first-order valence-corrected chi connectivity index (χ1v) is 6.15. The minimum Gasteiger partial charge on any atom is -0.358 e. The molecule has 1 atom stereocenters. The van der Waals surface area contributed by atoms with Crippen LogP contribution in [-0.2, 0) is 4.79 Å². The van der Waals surface area contributed by atoms with E-state index in [0.717, 1.165) is 12.8 Å².